The van der Waals surface area contributed by atoms with Crippen LogP contribution in [-0.4, -0.2) is 6.61 Å². The summed E-state index contributed by atoms with van der Waals surface area (Å²) in [5.74, 6) is 0.177. The Morgan fingerprint density at radius 2 is 1.95 bits per heavy atom. The third kappa shape index (κ3) is 5.83. The molecule has 0 spiro atoms. The Balaban J connectivity index is 2.51. The molecule has 0 aliphatic carbocycles. The van der Waals surface area contributed by atoms with Crippen LogP contribution in [0.15, 0.2) is 36.9 Å². The molecule has 4 heteroatoms. The number of allylic oxidation sites excluding steroid dienone is 1. The van der Waals surface area contributed by atoms with E-state index in [1.54, 1.807) is 18.2 Å². The Hall–Kier alpha value is -1.42. The summed E-state index contributed by atoms with van der Waals surface area (Å²) in [5.41, 5.74) is 6.69. The maximum absolute atomic E-state index is 12.3. The Kier molecular flexibility index (Phi) is 7.11. The van der Waals surface area contributed by atoms with Crippen LogP contribution in [0.25, 0.3) is 0 Å². The van der Waals surface area contributed by atoms with Gasteiger partial charge in [0.2, 0.25) is 0 Å². The van der Waals surface area contributed by atoms with Gasteiger partial charge < -0.3 is 10.5 Å². The average molecular weight is 269 g/mol. The zero-order valence-electron chi connectivity index (χ0n) is 11.0. The summed E-state index contributed by atoms with van der Waals surface area (Å²) in [7, 11) is 0. The number of rotatable bonds is 9. The lowest BCUT2D eigenvalue weighted by Gasteiger charge is -2.16. The first-order chi connectivity index (χ1) is 9.15. The van der Waals surface area contributed by atoms with E-state index >= 15 is 0 Å². The Bertz CT molecular complexity index is 382. The summed E-state index contributed by atoms with van der Waals surface area (Å²) in [6.45, 7) is 0.849. The third-order valence-electron chi connectivity index (χ3n) is 2.96. The number of nitrogens with two attached hydrogens (primary N) is 1. The largest absolute Gasteiger partial charge is 0.434 e. The summed E-state index contributed by atoms with van der Waals surface area (Å²) in [4.78, 5) is 0. The molecule has 1 rings (SSSR count). The lowest BCUT2D eigenvalue weighted by Crippen LogP contribution is -2.13. The van der Waals surface area contributed by atoms with E-state index in [0.717, 1.165) is 32.1 Å². The van der Waals surface area contributed by atoms with Gasteiger partial charge in [0.25, 0.3) is 0 Å². The van der Waals surface area contributed by atoms with Gasteiger partial charge in [-0.2, -0.15) is 8.78 Å². The fourth-order valence-corrected chi connectivity index (χ4v) is 1.98. The molecule has 1 atom stereocenters. The maximum atomic E-state index is 12.3. The molecule has 0 radical (unpaired) electrons. The Morgan fingerprint density at radius 3 is 2.63 bits per heavy atom. The minimum atomic E-state index is -2.82. The van der Waals surface area contributed by atoms with Gasteiger partial charge >= 0.3 is 6.61 Å². The van der Waals surface area contributed by atoms with Crippen LogP contribution < -0.4 is 10.5 Å². The first-order valence-corrected chi connectivity index (χ1v) is 6.55. The van der Waals surface area contributed by atoms with Crippen molar-refractivity contribution in [2.75, 3.05) is 0 Å². The lowest BCUT2D eigenvalue weighted by atomic mass is 10.00. The van der Waals surface area contributed by atoms with E-state index in [1.807, 2.05) is 6.08 Å². The number of para-hydroxylation sites is 1. The van der Waals surface area contributed by atoms with E-state index in [4.69, 9.17) is 5.73 Å². The van der Waals surface area contributed by atoms with Crippen LogP contribution in [-0.2, 0) is 0 Å². The van der Waals surface area contributed by atoms with Crippen LogP contribution in [0.4, 0.5) is 8.78 Å². The highest BCUT2D eigenvalue weighted by Crippen LogP contribution is 2.28. The number of benzene rings is 1. The molecule has 0 aliphatic rings. The highest BCUT2D eigenvalue weighted by molar-refractivity contribution is 5.35. The summed E-state index contributed by atoms with van der Waals surface area (Å²) < 4.78 is 29.1. The van der Waals surface area contributed by atoms with Gasteiger partial charge in [-0.05, 0) is 25.3 Å². The van der Waals surface area contributed by atoms with Gasteiger partial charge in [0, 0.05) is 11.6 Å². The predicted molar refractivity (Wildman–Crippen MR) is 73.3 cm³/mol. The molecular formula is C15H21F2NO. The molecule has 1 aromatic carbocycles. The number of hydrogen-bond donors (Lipinski definition) is 1. The monoisotopic (exact) mass is 269 g/mol. The molecule has 2 N–H and O–H groups in total. The standard InChI is InChI=1S/C15H21F2NO/c1-2-3-4-5-6-10-13(18)12-9-7-8-11-14(12)19-15(16)17/h2,7-9,11,13,15H,1,3-6,10,18H2. The van der Waals surface area contributed by atoms with Gasteiger partial charge in [-0.1, -0.05) is 37.1 Å². The van der Waals surface area contributed by atoms with E-state index in [2.05, 4.69) is 11.3 Å². The van der Waals surface area contributed by atoms with Gasteiger partial charge in [-0.25, -0.2) is 0 Å². The fraction of sp³-hybridized carbons (Fsp3) is 0.467. The van der Waals surface area contributed by atoms with Gasteiger partial charge in [-0.3, -0.25) is 0 Å². The normalized spacial score (nSPS) is 12.4. The first kappa shape index (κ1) is 15.6. The van der Waals surface area contributed by atoms with Crippen molar-refractivity contribution in [1.82, 2.24) is 0 Å². The second-order valence-electron chi connectivity index (χ2n) is 4.45. The van der Waals surface area contributed by atoms with Crippen molar-refractivity contribution in [3.63, 3.8) is 0 Å². The zero-order chi connectivity index (χ0) is 14.1. The van der Waals surface area contributed by atoms with E-state index in [-0.39, 0.29) is 11.8 Å². The van der Waals surface area contributed by atoms with Crippen molar-refractivity contribution in [3.05, 3.63) is 42.5 Å². The van der Waals surface area contributed by atoms with Crippen LogP contribution in [0.5, 0.6) is 5.75 Å². The van der Waals surface area contributed by atoms with Crippen molar-refractivity contribution in [3.8, 4) is 5.75 Å². The molecule has 0 aromatic heterocycles. The predicted octanol–water partition coefficient (Wildman–Crippen LogP) is 4.42. The second-order valence-corrected chi connectivity index (χ2v) is 4.45. The Morgan fingerprint density at radius 1 is 1.21 bits per heavy atom. The van der Waals surface area contributed by atoms with Crippen LogP contribution in [0.1, 0.15) is 43.7 Å². The van der Waals surface area contributed by atoms with Crippen LogP contribution in [0.2, 0.25) is 0 Å². The van der Waals surface area contributed by atoms with Gasteiger partial charge in [0.05, 0.1) is 0 Å². The molecule has 1 unspecified atom stereocenters. The summed E-state index contributed by atoms with van der Waals surface area (Å²) in [6.07, 6.45) is 6.79. The molecule has 106 valence electrons. The number of ether oxygens (including phenoxy) is 1. The van der Waals surface area contributed by atoms with Gasteiger partial charge in [0.1, 0.15) is 5.75 Å². The average Bonchev–Trinajstić information content (AvgIpc) is 2.38. The minimum Gasteiger partial charge on any atom is -0.434 e. The van der Waals surface area contributed by atoms with Crippen LogP contribution >= 0.6 is 0 Å². The molecule has 0 heterocycles. The zero-order valence-corrected chi connectivity index (χ0v) is 11.0. The molecule has 0 amide bonds. The number of hydrogen-bond acceptors (Lipinski definition) is 2. The molecule has 0 bridgehead atoms. The number of alkyl halides is 2. The van der Waals surface area contributed by atoms with E-state index < -0.39 is 6.61 Å². The van der Waals surface area contributed by atoms with Crippen molar-refractivity contribution < 1.29 is 13.5 Å². The van der Waals surface area contributed by atoms with Gasteiger partial charge in [-0.15, -0.1) is 6.58 Å². The summed E-state index contributed by atoms with van der Waals surface area (Å²) in [6, 6.07) is 6.45. The van der Waals surface area contributed by atoms with Crippen molar-refractivity contribution in [2.24, 2.45) is 5.73 Å². The summed E-state index contributed by atoms with van der Waals surface area (Å²) in [5, 5.41) is 0. The highest BCUT2D eigenvalue weighted by atomic mass is 19.3. The molecular weight excluding hydrogens is 248 g/mol. The minimum absolute atomic E-state index is 0.177. The molecule has 19 heavy (non-hydrogen) atoms. The summed E-state index contributed by atoms with van der Waals surface area (Å²) >= 11 is 0. The van der Waals surface area contributed by atoms with Gasteiger partial charge in [0.15, 0.2) is 0 Å². The van der Waals surface area contributed by atoms with E-state index in [1.165, 1.54) is 6.07 Å². The first-order valence-electron chi connectivity index (χ1n) is 6.55. The van der Waals surface area contributed by atoms with E-state index in [0.29, 0.717) is 5.56 Å². The molecule has 0 fully saturated rings. The molecule has 0 saturated carbocycles. The quantitative estimate of drug-likeness (QED) is 0.532. The van der Waals surface area contributed by atoms with Crippen LogP contribution in [0.3, 0.4) is 0 Å². The SMILES string of the molecule is C=CCCCCCC(N)c1ccccc1OC(F)F. The van der Waals surface area contributed by atoms with Crippen molar-refractivity contribution >= 4 is 0 Å². The number of unbranched alkanes of at least 4 members (excludes halogenated alkanes) is 3. The molecule has 1 aromatic rings. The molecule has 2 nitrogen and oxygen atoms in total. The lowest BCUT2D eigenvalue weighted by molar-refractivity contribution is -0.0506. The number of halogens is 2. The highest BCUT2D eigenvalue weighted by Gasteiger charge is 2.14. The van der Waals surface area contributed by atoms with Crippen LogP contribution in [0, 0.1) is 0 Å². The van der Waals surface area contributed by atoms with E-state index in [9.17, 15) is 8.78 Å². The Labute approximate surface area is 113 Å². The smallest absolute Gasteiger partial charge is 0.387 e. The second kappa shape index (κ2) is 8.64. The third-order valence-corrected chi connectivity index (χ3v) is 2.96. The maximum Gasteiger partial charge on any atom is 0.387 e. The molecule has 0 aliphatic heterocycles. The van der Waals surface area contributed by atoms with Crippen molar-refractivity contribution in [1.29, 1.82) is 0 Å². The fourth-order valence-electron chi connectivity index (χ4n) is 1.98. The topological polar surface area (TPSA) is 35.2 Å². The molecule has 0 saturated heterocycles. The van der Waals surface area contributed by atoms with Crippen molar-refractivity contribution in [2.45, 2.75) is 44.8 Å².